The molecule has 138 valence electrons. The highest BCUT2D eigenvalue weighted by atomic mass is 35.5. The SMILES string of the molecule is COC(=O)c1c(-c2ccc(C)cc2)csc1NC(=O)Cc1ccc(Cl)cc1. The van der Waals surface area contributed by atoms with Crippen LogP contribution in [-0.2, 0) is 16.0 Å². The first kappa shape index (κ1) is 19.1. The third-order valence-electron chi connectivity index (χ3n) is 4.07. The summed E-state index contributed by atoms with van der Waals surface area (Å²) in [7, 11) is 1.33. The van der Waals surface area contributed by atoms with Gasteiger partial charge in [0, 0.05) is 16.0 Å². The second-order valence-electron chi connectivity index (χ2n) is 6.06. The summed E-state index contributed by atoms with van der Waals surface area (Å²) in [6.45, 7) is 2.00. The topological polar surface area (TPSA) is 55.4 Å². The minimum atomic E-state index is -0.478. The maximum absolute atomic E-state index is 12.4. The van der Waals surface area contributed by atoms with Gasteiger partial charge in [0.25, 0.3) is 0 Å². The van der Waals surface area contributed by atoms with Crippen LogP contribution in [0.4, 0.5) is 5.00 Å². The Morgan fingerprint density at radius 3 is 2.37 bits per heavy atom. The molecule has 0 fully saturated rings. The summed E-state index contributed by atoms with van der Waals surface area (Å²) in [5, 5.41) is 5.79. The fraction of sp³-hybridized carbons (Fsp3) is 0.143. The van der Waals surface area contributed by atoms with Crippen LogP contribution in [0.3, 0.4) is 0 Å². The Morgan fingerprint density at radius 1 is 1.07 bits per heavy atom. The normalized spacial score (nSPS) is 10.5. The van der Waals surface area contributed by atoms with Crippen molar-refractivity contribution in [3.63, 3.8) is 0 Å². The van der Waals surface area contributed by atoms with E-state index in [9.17, 15) is 9.59 Å². The number of nitrogens with one attached hydrogen (secondary N) is 1. The van der Waals surface area contributed by atoms with Crippen molar-refractivity contribution in [2.24, 2.45) is 0 Å². The molecule has 6 heteroatoms. The van der Waals surface area contributed by atoms with E-state index < -0.39 is 5.97 Å². The first-order chi connectivity index (χ1) is 13.0. The molecule has 0 aliphatic heterocycles. The molecule has 1 N–H and O–H groups in total. The zero-order valence-corrected chi connectivity index (χ0v) is 16.5. The second-order valence-corrected chi connectivity index (χ2v) is 7.38. The Kier molecular flexibility index (Phi) is 5.94. The predicted octanol–water partition coefficient (Wildman–Crippen LogP) is 5.34. The molecule has 0 aliphatic rings. The van der Waals surface area contributed by atoms with E-state index in [0.29, 0.717) is 15.6 Å². The van der Waals surface area contributed by atoms with Gasteiger partial charge in [0.05, 0.1) is 13.5 Å². The van der Waals surface area contributed by atoms with E-state index in [4.69, 9.17) is 16.3 Å². The number of halogens is 1. The number of hydrogen-bond donors (Lipinski definition) is 1. The predicted molar refractivity (Wildman–Crippen MR) is 110 cm³/mol. The maximum atomic E-state index is 12.4. The third-order valence-corrected chi connectivity index (χ3v) is 5.22. The lowest BCUT2D eigenvalue weighted by molar-refractivity contribution is -0.115. The number of ether oxygens (including phenoxy) is 1. The van der Waals surface area contributed by atoms with E-state index in [1.54, 1.807) is 24.3 Å². The number of amides is 1. The van der Waals surface area contributed by atoms with Gasteiger partial charge in [-0.3, -0.25) is 4.79 Å². The number of thiophene rings is 1. The average Bonchev–Trinajstić information content (AvgIpc) is 3.07. The number of benzene rings is 2. The summed E-state index contributed by atoms with van der Waals surface area (Å²) in [4.78, 5) is 24.8. The fourth-order valence-corrected chi connectivity index (χ4v) is 3.76. The van der Waals surface area contributed by atoms with Gasteiger partial charge < -0.3 is 10.1 Å². The second kappa shape index (κ2) is 8.37. The van der Waals surface area contributed by atoms with Crippen LogP contribution in [-0.4, -0.2) is 19.0 Å². The number of anilines is 1. The molecule has 2 aromatic carbocycles. The summed E-state index contributed by atoms with van der Waals surface area (Å²) in [5.41, 5.74) is 3.98. The number of esters is 1. The van der Waals surface area contributed by atoms with E-state index >= 15 is 0 Å². The highest BCUT2D eigenvalue weighted by Gasteiger charge is 2.22. The molecule has 0 atom stereocenters. The molecular weight excluding hydrogens is 382 g/mol. The maximum Gasteiger partial charge on any atom is 0.341 e. The molecule has 0 bridgehead atoms. The smallest absolute Gasteiger partial charge is 0.341 e. The number of hydrogen-bond acceptors (Lipinski definition) is 4. The van der Waals surface area contributed by atoms with Crippen LogP contribution in [0.15, 0.2) is 53.9 Å². The molecule has 1 amide bonds. The van der Waals surface area contributed by atoms with Crippen LogP contribution in [0.1, 0.15) is 21.5 Å². The van der Waals surface area contributed by atoms with Crippen molar-refractivity contribution < 1.29 is 14.3 Å². The van der Waals surface area contributed by atoms with Crippen LogP contribution in [0, 0.1) is 6.92 Å². The van der Waals surface area contributed by atoms with Crippen molar-refractivity contribution in [3.05, 3.63) is 75.6 Å². The van der Waals surface area contributed by atoms with E-state index in [2.05, 4.69) is 5.32 Å². The van der Waals surface area contributed by atoms with Gasteiger partial charge in [-0.15, -0.1) is 11.3 Å². The largest absolute Gasteiger partial charge is 0.465 e. The molecule has 1 heterocycles. The Labute approximate surface area is 166 Å². The van der Waals surface area contributed by atoms with Crippen LogP contribution in [0.2, 0.25) is 5.02 Å². The molecule has 3 aromatic rings. The van der Waals surface area contributed by atoms with E-state index in [1.165, 1.54) is 18.4 Å². The van der Waals surface area contributed by atoms with E-state index in [0.717, 1.165) is 22.3 Å². The quantitative estimate of drug-likeness (QED) is 0.589. The Hall–Kier alpha value is -2.63. The molecule has 0 saturated carbocycles. The Bertz CT molecular complexity index is 962. The molecule has 3 rings (SSSR count). The third kappa shape index (κ3) is 4.56. The van der Waals surface area contributed by atoms with Crippen LogP contribution in [0.5, 0.6) is 0 Å². The van der Waals surface area contributed by atoms with Gasteiger partial charge in [-0.05, 0) is 30.2 Å². The average molecular weight is 400 g/mol. The van der Waals surface area contributed by atoms with Crippen molar-refractivity contribution in [3.8, 4) is 11.1 Å². The summed E-state index contributed by atoms with van der Waals surface area (Å²) >= 11 is 7.18. The van der Waals surface area contributed by atoms with Gasteiger partial charge in [0.1, 0.15) is 10.6 Å². The molecule has 0 radical (unpaired) electrons. The first-order valence-corrected chi connectivity index (χ1v) is 9.55. The highest BCUT2D eigenvalue weighted by molar-refractivity contribution is 7.15. The molecular formula is C21H18ClNO3S. The monoisotopic (exact) mass is 399 g/mol. The minimum Gasteiger partial charge on any atom is -0.465 e. The Morgan fingerprint density at radius 2 is 1.74 bits per heavy atom. The summed E-state index contributed by atoms with van der Waals surface area (Å²) < 4.78 is 4.94. The molecule has 4 nitrogen and oxygen atoms in total. The molecule has 0 saturated heterocycles. The number of carbonyl (C=O) groups excluding carboxylic acids is 2. The summed E-state index contributed by atoms with van der Waals surface area (Å²) in [5.74, 6) is -0.687. The molecule has 1 aromatic heterocycles. The highest BCUT2D eigenvalue weighted by Crippen LogP contribution is 2.36. The Balaban J connectivity index is 1.86. The lowest BCUT2D eigenvalue weighted by Gasteiger charge is -2.08. The van der Waals surface area contributed by atoms with Gasteiger partial charge in [-0.25, -0.2) is 4.79 Å². The zero-order valence-electron chi connectivity index (χ0n) is 14.9. The van der Waals surface area contributed by atoms with Crippen molar-refractivity contribution in [2.75, 3.05) is 12.4 Å². The summed E-state index contributed by atoms with van der Waals surface area (Å²) in [6.07, 6.45) is 0.190. The number of aryl methyl sites for hydroxylation is 1. The van der Waals surface area contributed by atoms with Gasteiger partial charge in [0.15, 0.2) is 0 Å². The standard InChI is InChI=1S/C21H18ClNO3S/c1-13-3-7-15(8-4-13)17-12-27-20(19(17)21(25)26-2)23-18(24)11-14-5-9-16(22)10-6-14/h3-10,12H,11H2,1-2H3,(H,23,24). The van der Waals surface area contributed by atoms with Crippen molar-refractivity contribution in [2.45, 2.75) is 13.3 Å². The number of carbonyl (C=O) groups is 2. The molecule has 0 unspecified atom stereocenters. The van der Waals surface area contributed by atoms with Crippen molar-refractivity contribution in [1.29, 1.82) is 0 Å². The van der Waals surface area contributed by atoms with Gasteiger partial charge in [-0.2, -0.15) is 0 Å². The van der Waals surface area contributed by atoms with Crippen molar-refractivity contribution >= 4 is 39.8 Å². The molecule has 0 spiro atoms. The summed E-state index contributed by atoms with van der Waals surface area (Å²) in [6, 6.07) is 14.9. The number of methoxy groups -OCH3 is 1. The van der Waals surface area contributed by atoms with E-state index in [-0.39, 0.29) is 12.3 Å². The first-order valence-electron chi connectivity index (χ1n) is 8.29. The van der Waals surface area contributed by atoms with E-state index in [1.807, 2.05) is 36.6 Å². The fourth-order valence-electron chi connectivity index (χ4n) is 2.66. The van der Waals surface area contributed by atoms with Crippen LogP contribution < -0.4 is 5.32 Å². The zero-order chi connectivity index (χ0) is 19.4. The molecule has 27 heavy (non-hydrogen) atoms. The van der Waals surface area contributed by atoms with Crippen LogP contribution >= 0.6 is 22.9 Å². The van der Waals surface area contributed by atoms with Crippen LogP contribution in [0.25, 0.3) is 11.1 Å². The lowest BCUT2D eigenvalue weighted by Crippen LogP contribution is -2.16. The molecule has 0 aliphatic carbocycles. The van der Waals surface area contributed by atoms with Crippen molar-refractivity contribution in [1.82, 2.24) is 0 Å². The van der Waals surface area contributed by atoms with Gasteiger partial charge in [0.2, 0.25) is 5.91 Å². The minimum absolute atomic E-state index is 0.190. The van der Waals surface area contributed by atoms with Gasteiger partial charge >= 0.3 is 5.97 Å². The number of rotatable bonds is 5. The lowest BCUT2D eigenvalue weighted by atomic mass is 10.0. The van der Waals surface area contributed by atoms with Gasteiger partial charge in [-0.1, -0.05) is 53.6 Å².